The first-order valence-electron chi connectivity index (χ1n) is 5.65. The highest BCUT2D eigenvalue weighted by atomic mass is 14.6. The van der Waals surface area contributed by atoms with Crippen LogP contribution in [0, 0.1) is 6.92 Å². The Morgan fingerprint density at radius 3 is 2.73 bits per heavy atom. The minimum atomic E-state index is 0.308. The molecule has 0 amide bonds. The van der Waals surface area contributed by atoms with E-state index in [9.17, 15) is 0 Å². The molecule has 0 aliphatic carbocycles. The highest BCUT2D eigenvalue weighted by Crippen LogP contribution is 2.11. The smallest absolute Gasteiger partial charge is 0.00449 e. The Morgan fingerprint density at radius 2 is 2.07 bits per heavy atom. The van der Waals surface area contributed by atoms with Crippen LogP contribution in [0.3, 0.4) is 0 Å². The van der Waals surface area contributed by atoms with Crippen molar-refractivity contribution in [1.82, 2.24) is 0 Å². The first-order valence-corrected chi connectivity index (χ1v) is 5.65. The van der Waals surface area contributed by atoms with Gasteiger partial charge in [-0.25, -0.2) is 0 Å². The minimum absolute atomic E-state index is 0.308. The van der Waals surface area contributed by atoms with Gasteiger partial charge in [0.2, 0.25) is 0 Å². The van der Waals surface area contributed by atoms with Gasteiger partial charge >= 0.3 is 0 Å². The van der Waals surface area contributed by atoms with Gasteiger partial charge in [0.25, 0.3) is 0 Å². The van der Waals surface area contributed by atoms with E-state index in [-0.39, 0.29) is 0 Å². The van der Waals surface area contributed by atoms with E-state index in [1.54, 1.807) is 0 Å². The van der Waals surface area contributed by atoms with E-state index in [2.05, 4.69) is 37.8 Å². The van der Waals surface area contributed by atoms with Gasteiger partial charge in [0, 0.05) is 6.04 Å². The van der Waals surface area contributed by atoms with Crippen LogP contribution >= 0.6 is 0 Å². The average molecular weight is 203 g/mol. The molecule has 0 aromatic heterocycles. The molecule has 0 bridgehead atoms. The maximum absolute atomic E-state index is 6.01. The molecule has 1 heteroatoms. The summed E-state index contributed by atoms with van der Waals surface area (Å²) in [5.41, 5.74) is 8.80. The fraction of sp³-hybridized carbons (Fsp3) is 0.429. The van der Waals surface area contributed by atoms with Crippen molar-refractivity contribution >= 4 is 0 Å². The van der Waals surface area contributed by atoms with Crippen LogP contribution in [0.1, 0.15) is 30.4 Å². The van der Waals surface area contributed by atoms with Crippen LogP contribution < -0.4 is 5.73 Å². The van der Waals surface area contributed by atoms with Crippen LogP contribution in [0.5, 0.6) is 0 Å². The lowest BCUT2D eigenvalue weighted by Gasteiger charge is -2.11. The summed E-state index contributed by atoms with van der Waals surface area (Å²) in [4.78, 5) is 0. The van der Waals surface area contributed by atoms with E-state index in [0.29, 0.717) is 6.04 Å². The van der Waals surface area contributed by atoms with E-state index in [4.69, 9.17) is 5.73 Å². The Kier molecular flexibility index (Phi) is 5.13. The lowest BCUT2D eigenvalue weighted by atomic mass is 9.99. The van der Waals surface area contributed by atoms with Crippen molar-refractivity contribution < 1.29 is 0 Å². The monoisotopic (exact) mass is 203 g/mol. The minimum Gasteiger partial charge on any atom is -0.328 e. The van der Waals surface area contributed by atoms with Crippen LogP contribution in [-0.2, 0) is 6.42 Å². The summed E-state index contributed by atoms with van der Waals surface area (Å²) in [6.07, 6.45) is 6.17. The fourth-order valence-corrected chi connectivity index (χ4v) is 1.71. The van der Waals surface area contributed by atoms with Crippen LogP contribution in [0.15, 0.2) is 36.9 Å². The molecule has 1 unspecified atom stereocenters. The molecule has 0 fully saturated rings. The van der Waals surface area contributed by atoms with E-state index in [1.807, 2.05) is 6.08 Å². The molecule has 1 aromatic rings. The second-order valence-electron chi connectivity index (χ2n) is 4.09. The third-order valence-corrected chi connectivity index (χ3v) is 2.79. The zero-order chi connectivity index (χ0) is 11.1. The predicted octanol–water partition coefficient (Wildman–Crippen LogP) is 3.22. The molecule has 1 atom stereocenters. The maximum Gasteiger partial charge on any atom is 0.00449 e. The third kappa shape index (κ3) is 4.30. The van der Waals surface area contributed by atoms with E-state index in [0.717, 1.165) is 25.7 Å². The van der Waals surface area contributed by atoms with E-state index in [1.165, 1.54) is 11.1 Å². The van der Waals surface area contributed by atoms with Crippen LogP contribution in [0.25, 0.3) is 0 Å². The summed E-state index contributed by atoms with van der Waals surface area (Å²) in [6.45, 7) is 5.87. The lowest BCUT2D eigenvalue weighted by molar-refractivity contribution is 0.573. The Balaban J connectivity index is 2.36. The number of nitrogens with two attached hydrogens (primary N) is 1. The summed E-state index contributed by atoms with van der Waals surface area (Å²) in [6, 6.07) is 8.83. The van der Waals surface area contributed by atoms with E-state index >= 15 is 0 Å². The normalized spacial score (nSPS) is 12.4. The van der Waals surface area contributed by atoms with Gasteiger partial charge in [0.05, 0.1) is 0 Å². The number of hydrogen-bond acceptors (Lipinski definition) is 1. The van der Waals surface area contributed by atoms with Crippen molar-refractivity contribution in [2.24, 2.45) is 5.73 Å². The van der Waals surface area contributed by atoms with Gasteiger partial charge in [-0.05, 0) is 43.7 Å². The molecular formula is C14H21N. The molecular weight excluding hydrogens is 182 g/mol. The number of hydrogen-bond donors (Lipinski definition) is 1. The molecule has 0 aliphatic heterocycles. The molecule has 1 nitrogen and oxygen atoms in total. The molecule has 0 heterocycles. The quantitative estimate of drug-likeness (QED) is 0.706. The third-order valence-electron chi connectivity index (χ3n) is 2.79. The Morgan fingerprint density at radius 1 is 1.33 bits per heavy atom. The number of rotatable bonds is 6. The van der Waals surface area contributed by atoms with Gasteiger partial charge in [0.15, 0.2) is 0 Å². The highest BCUT2D eigenvalue weighted by Gasteiger charge is 2.03. The zero-order valence-electron chi connectivity index (χ0n) is 9.58. The van der Waals surface area contributed by atoms with Crippen LogP contribution in [0.2, 0.25) is 0 Å². The highest BCUT2D eigenvalue weighted by molar-refractivity contribution is 5.25. The summed E-state index contributed by atoms with van der Waals surface area (Å²) in [7, 11) is 0. The average Bonchev–Trinajstić information content (AvgIpc) is 2.25. The standard InChI is InChI=1S/C14H21N/c1-3-4-9-14(15)11-10-13-8-6-5-7-12(13)2/h3,5-8,14H,1,4,9-11,15H2,2H3. The van der Waals surface area contributed by atoms with Gasteiger partial charge in [-0.3, -0.25) is 0 Å². The molecule has 82 valence electrons. The number of allylic oxidation sites excluding steroid dienone is 1. The van der Waals surface area contributed by atoms with Crippen molar-refractivity contribution in [2.45, 2.75) is 38.6 Å². The van der Waals surface area contributed by atoms with Crippen molar-refractivity contribution in [3.05, 3.63) is 48.0 Å². The largest absolute Gasteiger partial charge is 0.328 e. The van der Waals surface area contributed by atoms with E-state index < -0.39 is 0 Å². The summed E-state index contributed by atoms with van der Waals surface area (Å²) in [5, 5.41) is 0. The first kappa shape index (κ1) is 12.0. The van der Waals surface area contributed by atoms with Gasteiger partial charge in [-0.15, -0.1) is 6.58 Å². The molecule has 0 radical (unpaired) electrons. The molecule has 1 rings (SSSR count). The van der Waals surface area contributed by atoms with Gasteiger partial charge in [-0.2, -0.15) is 0 Å². The molecule has 0 saturated carbocycles. The molecule has 1 aromatic carbocycles. The molecule has 2 N–H and O–H groups in total. The second kappa shape index (κ2) is 6.41. The van der Waals surface area contributed by atoms with Crippen LogP contribution in [-0.4, -0.2) is 6.04 Å². The summed E-state index contributed by atoms with van der Waals surface area (Å²) in [5.74, 6) is 0. The molecule has 0 spiro atoms. The van der Waals surface area contributed by atoms with Crippen molar-refractivity contribution in [3.63, 3.8) is 0 Å². The molecule has 15 heavy (non-hydrogen) atoms. The molecule has 0 aliphatic rings. The van der Waals surface area contributed by atoms with Crippen LogP contribution in [0.4, 0.5) is 0 Å². The van der Waals surface area contributed by atoms with Crippen molar-refractivity contribution in [3.8, 4) is 0 Å². The Labute approximate surface area is 93.0 Å². The van der Waals surface area contributed by atoms with Gasteiger partial charge < -0.3 is 5.73 Å². The van der Waals surface area contributed by atoms with Crippen molar-refractivity contribution in [1.29, 1.82) is 0 Å². The SMILES string of the molecule is C=CCCC(N)CCc1ccccc1C. The topological polar surface area (TPSA) is 26.0 Å². The molecule has 0 saturated heterocycles. The first-order chi connectivity index (χ1) is 7.24. The van der Waals surface area contributed by atoms with Crippen molar-refractivity contribution in [2.75, 3.05) is 0 Å². The summed E-state index contributed by atoms with van der Waals surface area (Å²) >= 11 is 0. The predicted molar refractivity (Wildman–Crippen MR) is 66.9 cm³/mol. The maximum atomic E-state index is 6.01. The fourth-order valence-electron chi connectivity index (χ4n) is 1.71. The zero-order valence-corrected chi connectivity index (χ0v) is 9.58. The lowest BCUT2D eigenvalue weighted by Crippen LogP contribution is -2.20. The summed E-state index contributed by atoms with van der Waals surface area (Å²) < 4.78 is 0. The second-order valence-corrected chi connectivity index (χ2v) is 4.09. The number of aryl methyl sites for hydroxylation is 2. The Bertz CT molecular complexity index is 304. The van der Waals surface area contributed by atoms with Gasteiger partial charge in [-0.1, -0.05) is 30.3 Å². The number of benzene rings is 1. The van der Waals surface area contributed by atoms with Gasteiger partial charge in [0.1, 0.15) is 0 Å². The Hall–Kier alpha value is -1.08.